The van der Waals surface area contributed by atoms with E-state index < -0.39 is 0 Å². The van der Waals surface area contributed by atoms with E-state index >= 15 is 0 Å². The molecular formula is C21H16FNO2. The van der Waals surface area contributed by atoms with E-state index in [0.717, 1.165) is 22.4 Å². The van der Waals surface area contributed by atoms with Crippen LogP contribution in [0.4, 0.5) is 4.39 Å². The Morgan fingerprint density at radius 1 is 0.960 bits per heavy atom. The van der Waals surface area contributed by atoms with E-state index in [0.29, 0.717) is 23.6 Å². The number of nitrogens with zero attached hydrogens (tertiary/aromatic N) is 1. The molecule has 4 rings (SSSR count). The molecule has 0 amide bonds. The first-order valence-electron chi connectivity index (χ1n) is 8.13. The third-order valence-electron chi connectivity index (χ3n) is 3.97. The summed E-state index contributed by atoms with van der Waals surface area (Å²) >= 11 is 0. The molecule has 124 valence electrons. The van der Waals surface area contributed by atoms with Crippen molar-refractivity contribution in [2.45, 2.75) is 6.92 Å². The highest BCUT2D eigenvalue weighted by Gasteiger charge is 2.11. The summed E-state index contributed by atoms with van der Waals surface area (Å²) in [5, 5.41) is 0. The average molecular weight is 333 g/mol. The number of ether oxygens (including phenoxy) is 1. The maximum atomic E-state index is 14.0. The Bertz CT molecular complexity index is 1040. The lowest BCUT2D eigenvalue weighted by atomic mass is 10.1. The van der Waals surface area contributed by atoms with E-state index in [1.54, 1.807) is 12.1 Å². The highest BCUT2D eigenvalue weighted by molar-refractivity contribution is 5.82. The monoisotopic (exact) mass is 333 g/mol. The molecule has 0 spiro atoms. The first-order valence-corrected chi connectivity index (χ1v) is 8.13. The highest BCUT2D eigenvalue weighted by atomic mass is 19.1. The molecule has 3 nitrogen and oxygen atoms in total. The molecule has 0 saturated carbocycles. The fraction of sp³-hybridized carbons (Fsp3) is 0.0952. The van der Waals surface area contributed by atoms with Gasteiger partial charge in [-0.05, 0) is 48.9 Å². The van der Waals surface area contributed by atoms with E-state index in [1.165, 1.54) is 6.07 Å². The lowest BCUT2D eigenvalue weighted by Gasteiger charge is -2.03. The Morgan fingerprint density at radius 3 is 2.68 bits per heavy atom. The molecule has 4 heteroatoms. The number of hydrogen-bond donors (Lipinski definition) is 0. The normalized spacial score (nSPS) is 11.0. The van der Waals surface area contributed by atoms with E-state index in [4.69, 9.17) is 9.15 Å². The molecule has 0 atom stereocenters. The van der Waals surface area contributed by atoms with Crippen LogP contribution in [0.1, 0.15) is 6.92 Å². The van der Waals surface area contributed by atoms with Crippen molar-refractivity contribution in [3.63, 3.8) is 0 Å². The van der Waals surface area contributed by atoms with Gasteiger partial charge in [-0.1, -0.05) is 30.3 Å². The van der Waals surface area contributed by atoms with Crippen LogP contribution in [0.25, 0.3) is 33.7 Å². The van der Waals surface area contributed by atoms with E-state index in [-0.39, 0.29) is 5.82 Å². The molecule has 0 fully saturated rings. The fourth-order valence-corrected chi connectivity index (χ4v) is 2.80. The van der Waals surface area contributed by atoms with Crippen LogP contribution >= 0.6 is 0 Å². The molecule has 0 aliphatic carbocycles. The molecule has 0 unspecified atom stereocenters. The first-order chi connectivity index (χ1) is 12.2. The highest BCUT2D eigenvalue weighted by Crippen LogP contribution is 2.30. The Morgan fingerprint density at radius 2 is 1.84 bits per heavy atom. The van der Waals surface area contributed by atoms with Crippen molar-refractivity contribution in [2.24, 2.45) is 0 Å². The molecule has 4 aromatic rings. The van der Waals surface area contributed by atoms with Gasteiger partial charge in [-0.25, -0.2) is 9.37 Å². The molecule has 0 saturated heterocycles. The van der Waals surface area contributed by atoms with Crippen LogP contribution in [0.2, 0.25) is 0 Å². The van der Waals surface area contributed by atoms with Gasteiger partial charge in [0.05, 0.1) is 6.61 Å². The molecule has 25 heavy (non-hydrogen) atoms. The third kappa shape index (κ3) is 2.98. The second kappa shape index (κ2) is 6.40. The standard InChI is InChI=1S/C21H16FNO2/c1-2-24-16-7-5-6-15(12-16)21-23-19-11-10-14(13-20(19)25-21)17-8-3-4-9-18(17)22/h3-13H,2H2,1H3. The Balaban J connectivity index is 1.76. The zero-order valence-corrected chi connectivity index (χ0v) is 13.7. The Labute approximate surface area is 144 Å². The van der Waals surface area contributed by atoms with Gasteiger partial charge in [-0.2, -0.15) is 0 Å². The first kappa shape index (κ1) is 15.4. The summed E-state index contributed by atoms with van der Waals surface area (Å²) in [6.07, 6.45) is 0. The van der Waals surface area contributed by atoms with E-state index in [1.807, 2.05) is 55.5 Å². The van der Waals surface area contributed by atoms with Crippen molar-refractivity contribution in [1.29, 1.82) is 0 Å². The fourth-order valence-electron chi connectivity index (χ4n) is 2.80. The van der Waals surface area contributed by atoms with Gasteiger partial charge < -0.3 is 9.15 Å². The summed E-state index contributed by atoms with van der Waals surface area (Å²) < 4.78 is 25.4. The number of aromatic nitrogens is 1. The number of oxazole rings is 1. The largest absolute Gasteiger partial charge is 0.494 e. The third-order valence-corrected chi connectivity index (χ3v) is 3.97. The van der Waals surface area contributed by atoms with Crippen LogP contribution in [-0.4, -0.2) is 11.6 Å². The molecule has 0 N–H and O–H groups in total. The van der Waals surface area contributed by atoms with Crippen molar-refractivity contribution in [3.05, 3.63) is 72.5 Å². The number of benzene rings is 3. The van der Waals surface area contributed by atoms with Crippen LogP contribution in [0, 0.1) is 5.82 Å². The van der Waals surface area contributed by atoms with Crippen molar-refractivity contribution >= 4 is 11.1 Å². The number of hydrogen-bond acceptors (Lipinski definition) is 3. The van der Waals surface area contributed by atoms with E-state index in [2.05, 4.69) is 4.98 Å². The van der Waals surface area contributed by atoms with Crippen molar-refractivity contribution in [3.8, 4) is 28.3 Å². The van der Waals surface area contributed by atoms with Crippen molar-refractivity contribution in [2.75, 3.05) is 6.61 Å². The quantitative estimate of drug-likeness (QED) is 0.480. The number of fused-ring (bicyclic) bond motifs is 1. The Hall–Kier alpha value is -3.14. The second-order valence-corrected chi connectivity index (χ2v) is 5.64. The van der Waals surface area contributed by atoms with Gasteiger partial charge in [0.2, 0.25) is 5.89 Å². The van der Waals surface area contributed by atoms with Crippen LogP contribution in [0.15, 0.2) is 71.1 Å². The van der Waals surface area contributed by atoms with Gasteiger partial charge in [-0.3, -0.25) is 0 Å². The number of rotatable bonds is 4. The minimum atomic E-state index is -0.258. The number of halogens is 1. The predicted octanol–water partition coefficient (Wildman–Crippen LogP) is 5.70. The van der Waals surface area contributed by atoms with Gasteiger partial charge in [0, 0.05) is 11.1 Å². The summed E-state index contributed by atoms with van der Waals surface area (Å²) in [5.74, 6) is 1.03. The van der Waals surface area contributed by atoms with Gasteiger partial charge in [-0.15, -0.1) is 0 Å². The molecule has 0 aliphatic heterocycles. The van der Waals surface area contributed by atoms with Crippen LogP contribution < -0.4 is 4.74 Å². The second-order valence-electron chi connectivity index (χ2n) is 5.64. The zero-order chi connectivity index (χ0) is 17.2. The molecule has 0 aliphatic rings. The molecule has 0 radical (unpaired) electrons. The molecule has 0 bridgehead atoms. The molecule has 1 aromatic heterocycles. The van der Waals surface area contributed by atoms with Crippen LogP contribution in [-0.2, 0) is 0 Å². The summed E-state index contributed by atoms with van der Waals surface area (Å²) in [7, 11) is 0. The minimum absolute atomic E-state index is 0.258. The summed E-state index contributed by atoms with van der Waals surface area (Å²) in [6.45, 7) is 2.54. The average Bonchev–Trinajstić information content (AvgIpc) is 3.06. The van der Waals surface area contributed by atoms with Gasteiger partial charge in [0.15, 0.2) is 5.58 Å². The summed E-state index contributed by atoms with van der Waals surface area (Å²) in [5.41, 5.74) is 3.50. The lowest BCUT2D eigenvalue weighted by molar-refractivity contribution is 0.340. The maximum absolute atomic E-state index is 14.0. The summed E-state index contributed by atoms with van der Waals surface area (Å²) in [4.78, 5) is 4.53. The molecular weight excluding hydrogens is 317 g/mol. The molecule has 3 aromatic carbocycles. The van der Waals surface area contributed by atoms with Crippen LogP contribution in [0.5, 0.6) is 5.75 Å². The predicted molar refractivity (Wildman–Crippen MR) is 96.0 cm³/mol. The van der Waals surface area contributed by atoms with Crippen molar-refractivity contribution < 1.29 is 13.5 Å². The topological polar surface area (TPSA) is 35.3 Å². The lowest BCUT2D eigenvalue weighted by Crippen LogP contribution is -1.91. The zero-order valence-electron chi connectivity index (χ0n) is 13.7. The van der Waals surface area contributed by atoms with Gasteiger partial charge in [0.1, 0.15) is 17.1 Å². The maximum Gasteiger partial charge on any atom is 0.227 e. The minimum Gasteiger partial charge on any atom is -0.494 e. The van der Waals surface area contributed by atoms with Gasteiger partial charge in [0.25, 0.3) is 0 Å². The van der Waals surface area contributed by atoms with Crippen molar-refractivity contribution in [1.82, 2.24) is 4.98 Å². The Kier molecular flexibility index (Phi) is 3.94. The SMILES string of the molecule is CCOc1cccc(-c2nc3ccc(-c4ccccc4F)cc3o2)c1. The summed E-state index contributed by atoms with van der Waals surface area (Å²) in [6, 6.07) is 19.8. The van der Waals surface area contributed by atoms with Gasteiger partial charge >= 0.3 is 0 Å². The van der Waals surface area contributed by atoms with Crippen LogP contribution in [0.3, 0.4) is 0 Å². The van der Waals surface area contributed by atoms with E-state index in [9.17, 15) is 4.39 Å². The molecule has 1 heterocycles. The smallest absolute Gasteiger partial charge is 0.227 e.